The number of hydrogen-bond donors (Lipinski definition) is 0. The van der Waals surface area contributed by atoms with E-state index in [1.165, 1.54) is 12.7 Å². The molecule has 0 N–H and O–H groups in total. The van der Waals surface area contributed by atoms with Gasteiger partial charge in [0.2, 0.25) is 0 Å². The number of rotatable bonds is 6. The van der Waals surface area contributed by atoms with Crippen molar-refractivity contribution >= 4 is 5.97 Å². The van der Waals surface area contributed by atoms with E-state index in [1.807, 2.05) is 26.0 Å². The highest BCUT2D eigenvalue weighted by Crippen LogP contribution is 2.39. The van der Waals surface area contributed by atoms with E-state index >= 15 is 0 Å². The first kappa shape index (κ1) is 18.3. The van der Waals surface area contributed by atoms with Gasteiger partial charge in [0.1, 0.15) is 18.3 Å². The molecule has 2 saturated heterocycles. The van der Waals surface area contributed by atoms with E-state index in [4.69, 9.17) is 23.7 Å². The minimum absolute atomic E-state index is 0.144. The van der Waals surface area contributed by atoms with Crippen LogP contribution in [-0.4, -0.2) is 49.9 Å². The first-order valence-electron chi connectivity index (χ1n) is 8.59. The molecule has 0 saturated carbocycles. The van der Waals surface area contributed by atoms with E-state index in [-0.39, 0.29) is 36.8 Å². The standard InChI is InChI=1S/C19H26O6/c1-12-5-7-13(8-6-12)10-22-11-15-18-17(24-19(2,3)25-18)14(23-15)9-16(20)21-4/h5-8,14-15,17-18H,9-11H2,1-4H3/t14-,15+,17-,18+/m0/s1. The molecule has 0 aliphatic carbocycles. The molecule has 6 nitrogen and oxygen atoms in total. The molecule has 138 valence electrons. The number of methoxy groups -OCH3 is 1. The third-order valence-electron chi connectivity index (χ3n) is 4.51. The highest BCUT2D eigenvalue weighted by molar-refractivity contribution is 5.70. The number of ether oxygens (including phenoxy) is 5. The van der Waals surface area contributed by atoms with Crippen LogP contribution in [0.4, 0.5) is 0 Å². The molecule has 1 aromatic carbocycles. The smallest absolute Gasteiger partial charge is 0.308 e. The van der Waals surface area contributed by atoms with Crippen LogP contribution in [0.15, 0.2) is 24.3 Å². The fraction of sp³-hybridized carbons (Fsp3) is 0.632. The number of carbonyl (C=O) groups excluding carboxylic acids is 1. The Labute approximate surface area is 148 Å². The molecular formula is C19H26O6. The first-order chi connectivity index (χ1) is 11.9. The van der Waals surface area contributed by atoms with E-state index in [0.717, 1.165) is 5.56 Å². The molecule has 2 aliphatic heterocycles. The molecule has 4 atom stereocenters. The molecule has 0 spiro atoms. The van der Waals surface area contributed by atoms with Gasteiger partial charge in [0.15, 0.2) is 5.79 Å². The van der Waals surface area contributed by atoms with Crippen molar-refractivity contribution in [1.29, 1.82) is 0 Å². The Kier molecular flexibility index (Phi) is 5.43. The van der Waals surface area contributed by atoms with E-state index < -0.39 is 5.79 Å². The number of carbonyl (C=O) groups is 1. The number of hydrogen-bond acceptors (Lipinski definition) is 6. The van der Waals surface area contributed by atoms with Gasteiger partial charge in [-0.25, -0.2) is 0 Å². The summed E-state index contributed by atoms with van der Waals surface area (Å²) >= 11 is 0. The van der Waals surface area contributed by atoms with Crippen LogP contribution < -0.4 is 0 Å². The number of aryl methyl sites for hydroxylation is 1. The SMILES string of the molecule is COC(=O)C[C@@H]1O[C@H](COCc2ccc(C)cc2)[C@H]2OC(C)(C)O[C@H]21. The number of fused-ring (bicyclic) bond motifs is 1. The van der Waals surface area contributed by atoms with Crippen molar-refractivity contribution in [3.63, 3.8) is 0 Å². The van der Waals surface area contributed by atoms with E-state index in [9.17, 15) is 4.79 Å². The zero-order valence-corrected chi connectivity index (χ0v) is 15.2. The maximum Gasteiger partial charge on any atom is 0.308 e. The molecule has 3 rings (SSSR count). The summed E-state index contributed by atoms with van der Waals surface area (Å²) in [4.78, 5) is 11.6. The van der Waals surface area contributed by atoms with Gasteiger partial charge in [-0.15, -0.1) is 0 Å². The van der Waals surface area contributed by atoms with Gasteiger partial charge in [-0.1, -0.05) is 29.8 Å². The molecule has 0 bridgehead atoms. The maximum atomic E-state index is 11.6. The summed E-state index contributed by atoms with van der Waals surface area (Å²) in [7, 11) is 1.37. The van der Waals surface area contributed by atoms with Crippen LogP contribution in [0.2, 0.25) is 0 Å². The second kappa shape index (κ2) is 7.41. The molecule has 2 heterocycles. The zero-order valence-electron chi connectivity index (χ0n) is 15.2. The van der Waals surface area contributed by atoms with Crippen LogP contribution >= 0.6 is 0 Å². The lowest BCUT2D eigenvalue weighted by Gasteiger charge is -2.23. The Balaban J connectivity index is 1.58. The summed E-state index contributed by atoms with van der Waals surface area (Å²) in [6.45, 7) is 6.67. The highest BCUT2D eigenvalue weighted by atomic mass is 16.8. The van der Waals surface area contributed by atoms with Gasteiger partial charge in [0.25, 0.3) is 0 Å². The average molecular weight is 350 g/mol. The molecule has 2 aliphatic rings. The molecule has 0 amide bonds. The largest absolute Gasteiger partial charge is 0.469 e. The summed E-state index contributed by atoms with van der Waals surface area (Å²) in [6.07, 6.45) is -1.05. The van der Waals surface area contributed by atoms with Crippen LogP contribution in [-0.2, 0) is 35.1 Å². The summed E-state index contributed by atoms with van der Waals surface area (Å²) in [5, 5.41) is 0. The van der Waals surface area contributed by atoms with Gasteiger partial charge >= 0.3 is 5.97 Å². The first-order valence-corrected chi connectivity index (χ1v) is 8.59. The highest BCUT2D eigenvalue weighted by Gasteiger charge is 2.55. The van der Waals surface area contributed by atoms with Crippen LogP contribution in [0, 0.1) is 6.92 Å². The fourth-order valence-corrected chi connectivity index (χ4v) is 3.29. The molecule has 0 aromatic heterocycles. The second-order valence-corrected chi connectivity index (χ2v) is 7.06. The third-order valence-corrected chi connectivity index (χ3v) is 4.51. The van der Waals surface area contributed by atoms with E-state index in [1.54, 1.807) is 0 Å². The number of benzene rings is 1. The molecule has 0 unspecified atom stereocenters. The van der Waals surface area contributed by atoms with Crippen molar-refractivity contribution in [3.05, 3.63) is 35.4 Å². The van der Waals surface area contributed by atoms with Gasteiger partial charge in [0.05, 0.1) is 32.8 Å². The van der Waals surface area contributed by atoms with Gasteiger partial charge in [-0.2, -0.15) is 0 Å². The number of esters is 1. The molecule has 1 aromatic rings. The Morgan fingerprint density at radius 2 is 1.76 bits per heavy atom. The van der Waals surface area contributed by atoms with Crippen molar-refractivity contribution in [2.24, 2.45) is 0 Å². The second-order valence-electron chi connectivity index (χ2n) is 7.06. The molecule has 2 fully saturated rings. The average Bonchev–Trinajstić information content (AvgIpc) is 3.04. The normalized spacial score (nSPS) is 30.2. The molecule has 25 heavy (non-hydrogen) atoms. The molecule has 0 radical (unpaired) electrons. The van der Waals surface area contributed by atoms with Gasteiger partial charge in [-0.3, -0.25) is 4.79 Å². The van der Waals surface area contributed by atoms with E-state index in [2.05, 4.69) is 19.1 Å². The third kappa shape index (κ3) is 4.39. The Morgan fingerprint density at radius 1 is 1.12 bits per heavy atom. The Hall–Kier alpha value is -1.47. The predicted molar refractivity (Wildman–Crippen MR) is 90.0 cm³/mol. The lowest BCUT2D eigenvalue weighted by Crippen LogP contribution is -2.33. The minimum Gasteiger partial charge on any atom is -0.469 e. The van der Waals surface area contributed by atoms with Crippen molar-refractivity contribution < 1.29 is 28.5 Å². The lowest BCUT2D eigenvalue weighted by molar-refractivity contribution is -0.194. The van der Waals surface area contributed by atoms with Crippen molar-refractivity contribution in [3.8, 4) is 0 Å². The topological polar surface area (TPSA) is 63.2 Å². The van der Waals surface area contributed by atoms with Crippen molar-refractivity contribution in [1.82, 2.24) is 0 Å². The summed E-state index contributed by atoms with van der Waals surface area (Å²) < 4.78 is 28.4. The van der Waals surface area contributed by atoms with Crippen LogP contribution in [0.1, 0.15) is 31.4 Å². The van der Waals surface area contributed by atoms with E-state index in [0.29, 0.717) is 13.2 Å². The van der Waals surface area contributed by atoms with Crippen molar-refractivity contribution in [2.45, 2.75) is 64.0 Å². The van der Waals surface area contributed by atoms with Crippen LogP contribution in [0.3, 0.4) is 0 Å². The quantitative estimate of drug-likeness (QED) is 0.734. The van der Waals surface area contributed by atoms with Crippen LogP contribution in [0.25, 0.3) is 0 Å². The molecule has 6 heteroatoms. The summed E-state index contributed by atoms with van der Waals surface area (Å²) in [5.74, 6) is -1.01. The van der Waals surface area contributed by atoms with Crippen molar-refractivity contribution in [2.75, 3.05) is 13.7 Å². The predicted octanol–water partition coefficient (Wildman–Crippen LogP) is 2.36. The Morgan fingerprint density at radius 3 is 2.40 bits per heavy atom. The molecular weight excluding hydrogens is 324 g/mol. The zero-order chi connectivity index (χ0) is 18.0. The minimum atomic E-state index is -0.692. The van der Waals surface area contributed by atoms with Gasteiger partial charge in [0, 0.05) is 0 Å². The monoisotopic (exact) mass is 350 g/mol. The van der Waals surface area contributed by atoms with Crippen LogP contribution in [0.5, 0.6) is 0 Å². The van der Waals surface area contributed by atoms with Gasteiger partial charge < -0.3 is 23.7 Å². The maximum absolute atomic E-state index is 11.6. The Bertz CT molecular complexity index is 596. The lowest BCUT2D eigenvalue weighted by atomic mass is 10.1. The summed E-state index contributed by atoms with van der Waals surface area (Å²) in [5.41, 5.74) is 2.32. The fourth-order valence-electron chi connectivity index (χ4n) is 3.29. The summed E-state index contributed by atoms with van der Waals surface area (Å²) in [6, 6.07) is 8.21. The van der Waals surface area contributed by atoms with Gasteiger partial charge in [-0.05, 0) is 26.3 Å².